The third-order valence-corrected chi connectivity index (χ3v) is 4.71. The zero-order valence-electron chi connectivity index (χ0n) is 13.3. The molecule has 1 amide bonds. The average Bonchev–Trinajstić information content (AvgIpc) is 2.53. The van der Waals surface area contributed by atoms with Crippen molar-refractivity contribution in [2.24, 2.45) is 0 Å². The van der Waals surface area contributed by atoms with E-state index in [4.69, 9.17) is 11.6 Å². The maximum absolute atomic E-state index is 11.8. The number of hydrogen-bond acceptors (Lipinski definition) is 2. The zero-order valence-corrected chi connectivity index (χ0v) is 14.9. The molecule has 0 heterocycles. The molecule has 2 aromatic rings. The predicted molar refractivity (Wildman–Crippen MR) is 100 cm³/mol. The predicted octanol–water partition coefficient (Wildman–Crippen LogP) is 4.63. The van der Waals surface area contributed by atoms with Gasteiger partial charge in [0.05, 0.1) is 5.75 Å². The Morgan fingerprint density at radius 3 is 2.65 bits per heavy atom. The summed E-state index contributed by atoms with van der Waals surface area (Å²) in [7, 11) is 0. The van der Waals surface area contributed by atoms with Gasteiger partial charge in [0.1, 0.15) is 0 Å². The van der Waals surface area contributed by atoms with Gasteiger partial charge in [-0.25, -0.2) is 0 Å². The highest BCUT2D eigenvalue weighted by Crippen LogP contribution is 2.16. The first-order valence-corrected chi connectivity index (χ1v) is 9.31. The van der Waals surface area contributed by atoms with Crippen LogP contribution in [0, 0.1) is 6.92 Å². The van der Waals surface area contributed by atoms with Gasteiger partial charge < -0.3 is 5.32 Å². The van der Waals surface area contributed by atoms with Crippen LogP contribution in [0.15, 0.2) is 48.5 Å². The van der Waals surface area contributed by atoms with Gasteiger partial charge in [0.2, 0.25) is 5.91 Å². The third kappa shape index (κ3) is 7.10. The van der Waals surface area contributed by atoms with Crippen molar-refractivity contribution < 1.29 is 4.79 Å². The summed E-state index contributed by atoms with van der Waals surface area (Å²) in [6.45, 7) is 2.81. The van der Waals surface area contributed by atoms with Gasteiger partial charge in [-0.15, -0.1) is 11.8 Å². The summed E-state index contributed by atoms with van der Waals surface area (Å²) in [4.78, 5) is 11.8. The summed E-state index contributed by atoms with van der Waals surface area (Å²) in [6.07, 6.45) is 1.96. The molecule has 2 nitrogen and oxygen atoms in total. The number of amides is 1. The fraction of sp³-hybridized carbons (Fsp3) is 0.316. The molecule has 0 spiro atoms. The highest BCUT2D eigenvalue weighted by molar-refractivity contribution is 7.99. The van der Waals surface area contributed by atoms with Gasteiger partial charge >= 0.3 is 0 Å². The second-order valence-electron chi connectivity index (χ2n) is 5.56. The van der Waals surface area contributed by atoms with Gasteiger partial charge in [-0.3, -0.25) is 4.79 Å². The lowest BCUT2D eigenvalue weighted by atomic mass is 10.1. The SMILES string of the molecule is Cc1ccc(CCCNC(=O)CSCc2cccc(Cl)c2)cc1. The number of carbonyl (C=O) groups excluding carboxylic acids is 1. The van der Waals surface area contributed by atoms with Crippen LogP contribution in [-0.2, 0) is 17.0 Å². The Hall–Kier alpha value is -1.45. The minimum Gasteiger partial charge on any atom is -0.355 e. The van der Waals surface area contributed by atoms with Gasteiger partial charge in [-0.05, 0) is 43.0 Å². The van der Waals surface area contributed by atoms with Crippen molar-refractivity contribution in [3.05, 3.63) is 70.2 Å². The highest BCUT2D eigenvalue weighted by Gasteiger charge is 2.02. The van der Waals surface area contributed by atoms with E-state index in [9.17, 15) is 4.79 Å². The number of benzene rings is 2. The van der Waals surface area contributed by atoms with E-state index >= 15 is 0 Å². The fourth-order valence-electron chi connectivity index (χ4n) is 2.21. The lowest BCUT2D eigenvalue weighted by Gasteiger charge is -2.06. The molecule has 2 rings (SSSR count). The Morgan fingerprint density at radius 1 is 1.13 bits per heavy atom. The van der Waals surface area contributed by atoms with Crippen molar-refractivity contribution in [3.8, 4) is 0 Å². The maximum Gasteiger partial charge on any atom is 0.230 e. The van der Waals surface area contributed by atoms with Crippen LogP contribution in [0.4, 0.5) is 0 Å². The molecule has 4 heteroatoms. The van der Waals surface area contributed by atoms with E-state index < -0.39 is 0 Å². The fourth-order valence-corrected chi connectivity index (χ4v) is 3.23. The average molecular weight is 348 g/mol. The molecular formula is C19H22ClNOS. The minimum atomic E-state index is 0.0981. The summed E-state index contributed by atoms with van der Waals surface area (Å²) in [5, 5.41) is 3.72. The van der Waals surface area contributed by atoms with E-state index in [1.807, 2.05) is 24.3 Å². The molecule has 0 saturated heterocycles. The van der Waals surface area contributed by atoms with Crippen molar-refractivity contribution in [3.63, 3.8) is 0 Å². The van der Waals surface area contributed by atoms with Crippen LogP contribution < -0.4 is 5.32 Å². The molecule has 0 aromatic heterocycles. The number of thioether (sulfide) groups is 1. The van der Waals surface area contributed by atoms with Gasteiger partial charge in [0.25, 0.3) is 0 Å². The van der Waals surface area contributed by atoms with Crippen LogP contribution in [0.3, 0.4) is 0 Å². The molecule has 0 unspecified atom stereocenters. The number of nitrogens with one attached hydrogen (secondary N) is 1. The van der Waals surface area contributed by atoms with E-state index in [1.165, 1.54) is 11.1 Å². The molecule has 0 saturated carbocycles. The van der Waals surface area contributed by atoms with Crippen molar-refractivity contribution in [2.45, 2.75) is 25.5 Å². The number of carbonyl (C=O) groups is 1. The monoisotopic (exact) mass is 347 g/mol. The zero-order chi connectivity index (χ0) is 16.5. The van der Waals surface area contributed by atoms with Gasteiger partial charge in [0, 0.05) is 17.3 Å². The molecule has 122 valence electrons. The normalized spacial score (nSPS) is 10.5. The topological polar surface area (TPSA) is 29.1 Å². The van der Waals surface area contributed by atoms with E-state index in [0.717, 1.165) is 35.7 Å². The van der Waals surface area contributed by atoms with Crippen LogP contribution in [0.1, 0.15) is 23.1 Å². The third-order valence-electron chi connectivity index (χ3n) is 3.48. The van der Waals surface area contributed by atoms with Gasteiger partial charge in [0.15, 0.2) is 0 Å². The summed E-state index contributed by atoms with van der Waals surface area (Å²) >= 11 is 7.55. The molecule has 0 aliphatic carbocycles. The summed E-state index contributed by atoms with van der Waals surface area (Å²) in [5.41, 5.74) is 3.74. The molecule has 0 fully saturated rings. The minimum absolute atomic E-state index is 0.0981. The standard InChI is InChI=1S/C19H22ClNOS/c1-15-7-9-16(10-8-15)5-3-11-21-19(22)14-23-13-17-4-2-6-18(20)12-17/h2,4,6-10,12H,3,5,11,13-14H2,1H3,(H,21,22). The smallest absolute Gasteiger partial charge is 0.230 e. The quantitative estimate of drug-likeness (QED) is 0.705. The van der Waals surface area contributed by atoms with Gasteiger partial charge in [-0.2, -0.15) is 0 Å². The van der Waals surface area contributed by atoms with E-state index in [2.05, 4.69) is 36.5 Å². The van der Waals surface area contributed by atoms with Crippen LogP contribution >= 0.6 is 23.4 Å². The second kappa shape index (κ2) is 9.64. The molecule has 0 bridgehead atoms. The first-order chi connectivity index (χ1) is 11.1. The van der Waals surface area contributed by atoms with Crippen molar-refractivity contribution in [1.29, 1.82) is 0 Å². The molecule has 23 heavy (non-hydrogen) atoms. The van der Waals surface area contributed by atoms with Crippen LogP contribution in [0.5, 0.6) is 0 Å². The lowest BCUT2D eigenvalue weighted by Crippen LogP contribution is -2.26. The summed E-state index contributed by atoms with van der Waals surface area (Å²) < 4.78 is 0. The summed E-state index contributed by atoms with van der Waals surface area (Å²) in [5.74, 6) is 1.38. The summed E-state index contributed by atoms with van der Waals surface area (Å²) in [6, 6.07) is 16.3. The molecule has 0 atom stereocenters. The van der Waals surface area contributed by atoms with Crippen molar-refractivity contribution in [2.75, 3.05) is 12.3 Å². The first kappa shape index (κ1) is 17.9. The van der Waals surface area contributed by atoms with Crippen LogP contribution in [0.25, 0.3) is 0 Å². The molecule has 0 radical (unpaired) electrons. The second-order valence-corrected chi connectivity index (χ2v) is 6.98. The largest absolute Gasteiger partial charge is 0.355 e. The number of rotatable bonds is 8. The molecule has 2 aromatic carbocycles. The number of hydrogen-bond donors (Lipinski definition) is 1. The van der Waals surface area contributed by atoms with E-state index in [0.29, 0.717) is 5.75 Å². The van der Waals surface area contributed by atoms with Gasteiger partial charge in [-0.1, -0.05) is 53.6 Å². The molecule has 0 aliphatic rings. The Bertz CT molecular complexity index is 628. The number of aryl methyl sites for hydroxylation is 2. The highest BCUT2D eigenvalue weighted by atomic mass is 35.5. The molecule has 1 N–H and O–H groups in total. The van der Waals surface area contributed by atoms with Crippen molar-refractivity contribution in [1.82, 2.24) is 5.32 Å². The first-order valence-electron chi connectivity index (χ1n) is 7.78. The molecular weight excluding hydrogens is 326 g/mol. The number of halogens is 1. The Morgan fingerprint density at radius 2 is 1.91 bits per heavy atom. The lowest BCUT2D eigenvalue weighted by molar-refractivity contribution is -0.118. The van der Waals surface area contributed by atoms with Crippen molar-refractivity contribution >= 4 is 29.3 Å². The Kier molecular flexibility index (Phi) is 7.50. The Labute approximate surface area is 147 Å². The van der Waals surface area contributed by atoms with Crippen LogP contribution in [-0.4, -0.2) is 18.2 Å². The van der Waals surface area contributed by atoms with E-state index in [-0.39, 0.29) is 5.91 Å². The van der Waals surface area contributed by atoms with Crippen LogP contribution in [0.2, 0.25) is 5.02 Å². The maximum atomic E-state index is 11.8. The van der Waals surface area contributed by atoms with E-state index in [1.54, 1.807) is 11.8 Å². The molecule has 0 aliphatic heterocycles. The Balaban J connectivity index is 1.57.